The molecular weight excluding hydrogens is 467 g/mol. The summed E-state index contributed by atoms with van der Waals surface area (Å²) in [5, 5.41) is 9.20. The van der Waals surface area contributed by atoms with Crippen LogP contribution in [0.15, 0.2) is 34.1 Å². The maximum absolute atomic E-state index is 12.9. The molecule has 0 aliphatic carbocycles. The largest absolute Gasteiger partial charge is 0.433 e. The third-order valence-electron chi connectivity index (χ3n) is 3.57. The SMILES string of the molecule is CC(NC(=O)c1cc(Cl)nc(C(F)(F)F)c1)c1nc(Br)nn1C1=NCC=CN1. The van der Waals surface area contributed by atoms with E-state index in [0.29, 0.717) is 24.4 Å². The molecule has 1 unspecified atom stereocenters. The van der Waals surface area contributed by atoms with E-state index < -0.39 is 29.0 Å². The van der Waals surface area contributed by atoms with Crippen molar-refractivity contribution in [3.05, 3.63) is 51.4 Å². The van der Waals surface area contributed by atoms with Crippen LogP contribution in [0, 0.1) is 0 Å². The number of halogens is 5. The van der Waals surface area contributed by atoms with E-state index in [1.807, 2.05) is 0 Å². The molecule has 2 aromatic rings. The lowest BCUT2D eigenvalue weighted by Gasteiger charge is -2.17. The maximum Gasteiger partial charge on any atom is 0.433 e. The van der Waals surface area contributed by atoms with Crippen LogP contribution < -0.4 is 10.6 Å². The minimum absolute atomic E-state index is 0.258. The molecule has 0 saturated heterocycles. The Hall–Kier alpha value is -2.47. The van der Waals surface area contributed by atoms with E-state index in [-0.39, 0.29) is 10.3 Å². The number of carbonyl (C=O) groups excluding carboxylic acids is 1. The van der Waals surface area contributed by atoms with Crippen LogP contribution in [0.25, 0.3) is 0 Å². The summed E-state index contributed by atoms with van der Waals surface area (Å²) in [6, 6.07) is 0.978. The van der Waals surface area contributed by atoms with E-state index in [0.717, 1.165) is 6.07 Å². The Labute approximate surface area is 170 Å². The Balaban J connectivity index is 1.84. The monoisotopic (exact) mass is 477 g/mol. The predicted octanol–water partition coefficient (Wildman–Crippen LogP) is 2.92. The highest BCUT2D eigenvalue weighted by atomic mass is 79.9. The molecule has 3 rings (SSSR count). The van der Waals surface area contributed by atoms with E-state index in [9.17, 15) is 18.0 Å². The zero-order chi connectivity index (χ0) is 20.5. The third-order valence-corrected chi connectivity index (χ3v) is 4.09. The summed E-state index contributed by atoms with van der Waals surface area (Å²) < 4.78 is 40.3. The van der Waals surface area contributed by atoms with Crippen LogP contribution in [0.5, 0.6) is 0 Å². The average Bonchev–Trinajstić information content (AvgIpc) is 3.03. The number of alkyl halides is 3. The molecule has 1 atom stereocenters. The van der Waals surface area contributed by atoms with Crippen LogP contribution in [0.4, 0.5) is 13.2 Å². The van der Waals surface area contributed by atoms with Crippen LogP contribution in [0.2, 0.25) is 5.15 Å². The number of hydrogen-bond acceptors (Lipinski definition) is 6. The summed E-state index contributed by atoms with van der Waals surface area (Å²) in [4.78, 5) is 24.1. The smallest absolute Gasteiger partial charge is 0.342 e. The molecule has 0 spiro atoms. The van der Waals surface area contributed by atoms with Gasteiger partial charge in [0, 0.05) is 11.8 Å². The van der Waals surface area contributed by atoms with Gasteiger partial charge < -0.3 is 10.6 Å². The number of amides is 1. The number of nitrogens with zero attached hydrogens (tertiary/aromatic N) is 5. The minimum atomic E-state index is -4.73. The fraction of sp³-hybridized carbons (Fsp3) is 0.267. The minimum Gasteiger partial charge on any atom is -0.342 e. The normalized spacial score (nSPS) is 15.0. The molecule has 0 radical (unpaired) electrons. The predicted molar refractivity (Wildman–Crippen MR) is 97.8 cm³/mol. The molecule has 0 saturated carbocycles. The van der Waals surface area contributed by atoms with Gasteiger partial charge in [-0.3, -0.25) is 4.79 Å². The van der Waals surface area contributed by atoms with Gasteiger partial charge in [0.2, 0.25) is 10.7 Å². The van der Waals surface area contributed by atoms with Gasteiger partial charge in [0.15, 0.2) is 5.82 Å². The standard InChI is InChI=1S/C15H12BrClF3N7O/c1-7(11-25-13(16)26-27(11)14-21-3-2-4-22-14)23-12(28)8-5-9(15(18,19)20)24-10(17)6-8/h2-3,5-7H,4H2,1H3,(H,21,22)(H,23,28). The first kappa shape index (κ1) is 20.3. The van der Waals surface area contributed by atoms with Gasteiger partial charge in [-0.1, -0.05) is 11.6 Å². The number of pyridine rings is 1. The summed E-state index contributed by atoms with van der Waals surface area (Å²) in [6.45, 7) is 2.05. The Morgan fingerprint density at radius 3 is 2.79 bits per heavy atom. The van der Waals surface area contributed by atoms with Crippen LogP contribution in [0.1, 0.15) is 34.8 Å². The van der Waals surface area contributed by atoms with Crippen molar-refractivity contribution in [3.8, 4) is 0 Å². The summed E-state index contributed by atoms with van der Waals surface area (Å²) in [7, 11) is 0. The van der Waals surface area contributed by atoms with Gasteiger partial charge >= 0.3 is 6.18 Å². The first-order valence-electron chi connectivity index (χ1n) is 7.79. The van der Waals surface area contributed by atoms with Crippen LogP contribution in [-0.4, -0.2) is 38.2 Å². The van der Waals surface area contributed by atoms with Crippen molar-refractivity contribution >= 4 is 39.4 Å². The van der Waals surface area contributed by atoms with E-state index in [4.69, 9.17) is 11.6 Å². The van der Waals surface area contributed by atoms with Gasteiger partial charge in [-0.25, -0.2) is 15.0 Å². The highest BCUT2D eigenvalue weighted by molar-refractivity contribution is 9.10. The van der Waals surface area contributed by atoms with E-state index in [2.05, 4.69) is 46.6 Å². The second-order valence-electron chi connectivity index (χ2n) is 5.62. The molecule has 28 heavy (non-hydrogen) atoms. The van der Waals surface area contributed by atoms with Crippen LogP contribution in [0.3, 0.4) is 0 Å². The molecule has 8 nitrogen and oxygen atoms in total. The Bertz CT molecular complexity index is 973. The summed E-state index contributed by atoms with van der Waals surface area (Å²) in [5.41, 5.74) is -1.53. The molecule has 0 aromatic carbocycles. The Morgan fingerprint density at radius 1 is 1.39 bits per heavy atom. The molecule has 0 fully saturated rings. The summed E-state index contributed by atoms with van der Waals surface area (Å²) in [6.07, 6.45) is -1.25. The van der Waals surface area contributed by atoms with Crippen molar-refractivity contribution in [3.63, 3.8) is 0 Å². The number of aliphatic imine (C=N–C) groups is 1. The van der Waals surface area contributed by atoms with Gasteiger partial charge in [-0.2, -0.15) is 17.9 Å². The molecule has 13 heteroatoms. The van der Waals surface area contributed by atoms with Crippen molar-refractivity contribution in [2.45, 2.75) is 19.1 Å². The number of aromatic nitrogens is 4. The molecular formula is C15H12BrClF3N7O. The van der Waals surface area contributed by atoms with E-state index in [1.54, 1.807) is 19.2 Å². The van der Waals surface area contributed by atoms with Crippen molar-refractivity contribution in [1.82, 2.24) is 30.4 Å². The third kappa shape index (κ3) is 4.50. The highest BCUT2D eigenvalue weighted by Crippen LogP contribution is 2.29. The fourth-order valence-corrected chi connectivity index (χ4v) is 2.90. The number of rotatable bonds is 3. The quantitative estimate of drug-likeness (QED) is 0.661. The number of nitrogens with one attached hydrogen (secondary N) is 2. The molecule has 1 amide bonds. The van der Waals surface area contributed by atoms with Crippen molar-refractivity contribution in [1.29, 1.82) is 0 Å². The van der Waals surface area contributed by atoms with Gasteiger partial charge in [-0.15, -0.1) is 5.10 Å². The van der Waals surface area contributed by atoms with E-state index >= 15 is 0 Å². The lowest BCUT2D eigenvalue weighted by molar-refractivity contribution is -0.141. The fourth-order valence-electron chi connectivity index (χ4n) is 2.35. The molecule has 3 heterocycles. The van der Waals surface area contributed by atoms with Gasteiger partial charge in [0.25, 0.3) is 5.91 Å². The summed E-state index contributed by atoms with van der Waals surface area (Å²) >= 11 is 8.79. The number of carbonyl (C=O) groups is 1. The van der Waals surface area contributed by atoms with Crippen LogP contribution >= 0.6 is 27.5 Å². The zero-order valence-electron chi connectivity index (χ0n) is 14.1. The second kappa shape index (κ2) is 7.87. The second-order valence-corrected chi connectivity index (χ2v) is 6.72. The average molecular weight is 479 g/mol. The maximum atomic E-state index is 12.9. The van der Waals surface area contributed by atoms with Crippen molar-refractivity contribution < 1.29 is 18.0 Å². The summed E-state index contributed by atoms with van der Waals surface area (Å²) in [5.74, 6) is -0.0625. The number of hydrogen-bond donors (Lipinski definition) is 2. The Morgan fingerprint density at radius 2 is 2.14 bits per heavy atom. The molecule has 148 valence electrons. The topological polar surface area (TPSA) is 97.1 Å². The Kier molecular flexibility index (Phi) is 5.70. The van der Waals surface area contributed by atoms with Crippen molar-refractivity contribution in [2.75, 3.05) is 6.54 Å². The zero-order valence-corrected chi connectivity index (χ0v) is 16.5. The molecule has 0 bridgehead atoms. The lowest BCUT2D eigenvalue weighted by Crippen LogP contribution is -2.35. The first-order valence-corrected chi connectivity index (χ1v) is 8.96. The highest BCUT2D eigenvalue weighted by Gasteiger charge is 2.34. The lowest BCUT2D eigenvalue weighted by atomic mass is 10.2. The van der Waals surface area contributed by atoms with E-state index in [1.165, 1.54) is 4.68 Å². The van der Waals surface area contributed by atoms with Gasteiger partial charge in [0.1, 0.15) is 10.8 Å². The molecule has 2 aromatic heterocycles. The van der Waals surface area contributed by atoms with Gasteiger partial charge in [0.05, 0.1) is 12.6 Å². The molecule has 1 aliphatic rings. The molecule has 2 N–H and O–H groups in total. The molecule has 1 aliphatic heterocycles. The van der Waals surface area contributed by atoms with Gasteiger partial charge in [-0.05, 0) is 41.1 Å². The van der Waals surface area contributed by atoms with Crippen molar-refractivity contribution in [2.24, 2.45) is 4.99 Å². The first-order chi connectivity index (χ1) is 13.1. The van der Waals surface area contributed by atoms with Crippen LogP contribution in [-0.2, 0) is 6.18 Å².